The van der Waals surface area contributed by atoms with Crippen LogP contribution < -0.4 is 9.86 Å². The molecule has 0 saturated carbocycles. The second kappa shape index (κ2) is 6.64. The van der Waals surface area contributed by atoms with E-state index in [1.54, 1.807) is 11.6 Å². The Kier molecular flexibility index (Phi) is 5.61. The molecule has 120 valence electrons. The van der Waals surface area contributed by atoms with Gasteiger partial charge < -0.3 is 4.74 Å². The molecule has 21 heavy (non-hydrogen) atoms. The summed E-state index contributed by atoms with van der Waals surface area (Å²) in [4.78, 5) is -0.797. The van der Waals surface area contributed by atoms with Crippen molar-refractivity contribution in [3.8, 4) is 0 Å². The van der Waals surface area contributed by atoms with Gasteiger partial charge in [0.15, 0.2) is 11.6 Å². The van der Waals surface area contributed by atoms with Crippen LogP contribution in [0.1, 0.15) is 6.92 Å². The van der Waals surface area contributed by atoms with E-state index in [0.29, 0.717) is 18.7 Å². The predicted molar refractivity (Wildman–Crippen MR) is 71.6 cm³/mol. The third-order valence-electron chi connectivity index (χ3n) is 2.30. The molecule has 1 aromatic rings. The van der Waals surface area contributed by atoms with Crippen molar-refractivity contribution in [1.82, 2.24) is 0 Å². The molecule has 0 saturated heterocycles. The monoisotopic (exact) mass is 344 g/mol. The standard InChI is InChI=1S/C10H14F2N2O5S2/c1-2-19-3-4-20(15,16)14-10-8(11)5-7(6-9(10)12)21(13,17)18/h5-6,14H,2-4H2,1H3,(H2,13,17,18). The first-order chi connectivity index (χ1) is 9.57. The number of benzene rings is 1. The Morgan fingerprint density at radius 2 is 1.71 bits per heavy atom. The van der Waals surface area contributed by atoms with Crippen LogP contribution >= 0.6 is 0 Å². The van der Waals surface area contributed by atoms with Crippen molar-refractivity contribution in [3.05, 3.63) is 23.8 Å². The lowest BCUT2D eigenvalue weighted by Crippen LogP contribution is -2.22. The first kappa shape index (κ1) is 17.8. The van der Waals surface area contributed by atoms with Crippen molar-refractivity contribution in [2.75, 3.05) is 23.7 Å². The van der Waals surface area contributed by atoms with Gasteiger partial charge in [0.1, 0.15) is 5.69 Å². The van der Waals surface area contributed by atoms with Crippen molar-refractivity contribution in [2.24, 2.45) is 5.14 Å². The Balaban J connectivity index is 3.05. The molecule has 0 aliphatic heterocycles. The molecule has 1 aromatic carbocycles. The number of primary sulfonamides is 1. The number of halogens is 2. The maximum Gasteiger partial charge on any atom is 0.238 e. The van der Waals surface area contributed by atoms with Gasteiger partial charge in [-0.05, 0) is 19.1 Å². The molecule has 7 nitrogen and oxygen atoms in total. The molecule has 0 bridgehead atoms. The zero-order valence-electron chi connectivity index (χ0n) is 11.0. The van der Waals surface area contributed by atoms with E-state index in [4.69, 9.17) is 9.88 Å². The van der Waals surface area contributed by atoms with Crippen LogP contribution in [0.2, 0.25) is 0 Å². The smallest absolute Gasteiger partial charge is 0.238 e. The second-order valence-corrected chi connectivity index (χ2v) is 7.33. The molecular formula is C10H14F2N2O5S2. The van der Waals surface area contributed by atoms with Crippen LogP contribution in [0.25, 0.3) is 0 Å². The molecule has 0 heterocycles. The van der Waals surface area contributed by atoms with Crippen LogP contribution in [0.5, 0.6) is 0 Å². The lowest BCUT2D eigenvalue weighted by atomic mass is 10.3. The molecule has 0 aromatic heterocycles. The minimum atomic E-state index is -4.30. The average Bonchev–Trinajstić information content (AvgIpc) is 2.32. The fraction of sp³-hybridized carbons (Fsp3) is 0.400. The summed E-state index contributed by atoms with van der Waals surface area (Å²) in [6, 6.07) is 0.859. The molecule has 0 unspecified atom stereocenters. The Bertz CT molecular complexity index is 696. The van der Waals surface area contributed by atoms with Gasteiger partial charge in [-0.2, -0.15) is 0 Å². The summed E-state index contributed by atoms with van der Waals surface area (Å²) in [5.41, 5.74) is -0.973. The van der Waals surface area contributed by atoms with E-state index in [1.807, 2.05) is 0 Å². The molecule has 3 N–H and O–H groups in total. The molecule has 0 atom stereocenters. The Morgan fingerprint density at radius 3 is 2.14 bits per heavy atom. The second-order valence-electron chi connectivity index (χ2n) is 3.92. The van der Waals surface area contributed by atoms with Gasteiger partial charge in [0.05, 0.1) is 17.3 Å². The van der Waals surface area contributed by atoms with Gasteiger partial charge in [-0.15, -0.1) is 0 Å². The van der Waals surface area contributed by atoms with Crippen molar-refractivity contribution < 1.29 is 30.4 Å². The van der Waals surface area contributed by atoms with Gasteiger partial charge in [0.25, 0.3) is 0 Å². The van der Waals surface area contributed by atoms with Crippen LogP contribution in [0.3, 0.4) is 0 Å². The van der Waals surface area contributed by atoms with E-state index in [1.165, 1.54) is 0 Å². The van der Waals surface area contributed by atoms with E-state index in [0.717, 1.165) is 0 Å². The van der Waals surface area contributed by atoms with Crippen LogP contribution in [-0.4, -0.2) is 35.8 Å². The van der Waals surface area contributed by atoms with Gasteiger partial charge in [-0.25, -0.2) is 30.8 Å². The minimum absolute atomic E-state index is 0.148. The number of nitrogens with two attached hydrogens (primary N) is 1. The van der Waals surface area contributed by atoms with Crippen molar-refractivity contribution in [3.63, 3.8) is 0 Å². The number of nitrogens with one attached hydrogen (secondary N) is 1. The van der Waals surface area contributed by atoms with E-state index in [-0.39, 0.29) is 6.61 Å². The summed E-state index contributed by atoms with van der Waals surface area (Å²) < 4.78 is 79.0. The number of hydrogen-bond donors (Lipinski definition) is 2. The summed E-state index contributed by atoms with van der Waals surface area (Å²) in [7, 11) is -8.34. The van der Waals surface area contributed by atoms with Crippen LogP contribution in [0.4, 0.5) is 14.5 Å². The summed E-state index contributed by atoms with van der Waals surface area (Å²) in [5, 5.41) is 4.74. The van der Waals surface area contributed by atoms with Gasteiger partial charge in [0.2, 0.25) is 20.0 Å². The SMILES string of the molecule is CCOCCS(=O)(=O)Nc1c(F)cc(S(N)(=O)=O)cc1F. The number of rotatable bonds is 7. The van der Waals surface area contributed by atoms with Crippen LogP contribution in [-0.2, 0) is 24.8 Å². The molecule has 0 fully saturated rings. The van der Waals surface area contributed by atoms with Crippen LogP contribution in [0, 0.1) is 11.6 Å². The fourth-order valence-electron chi connectivity index (χ4n) is 1.33. The number of anilines is 1. The van der Waals surface area contributed by atoms with E-state index in [9.17, 15) is 25.6 Å². The maximum absolute atomic E-state index is 13.6. The number of hydrogen-bond acceptors (Lipinski definition) is 5. The molecule has 1 rings (SSSR count). The highest BCUT2D eigenvalue weighted by Crippen LogP contribution is 2.23. The number of ether oxygens (including phenoxy) is 1. The largest absolute Gasteiger partial charge is 0.381 e. The van der Waals surface area contributed by atoms with Crippen molar-refractivity contribution >= 4 is 25.7 Å². The Morgan fingerprint density at radius 1 is 1.19 bits per heavy atom. The normalized spacial score (nSPS) is 12.4. The molecule has 0 aliphatic rings. The molecule has 0 amide bonds. The predicted octanol–water partition coefficient (Wildman–Crippen LogP) is 0.390. The third-order valence-corrected chi connectivity index (χ3v) is 4.41. The summed E-state index contributed by atoms with van der Waals surface area (Å²) in [6.07, 6.45) is 0. The van der Waals surface area contributed by atoms with E-state index in [2.05, 4.69) is 0 Å². The van der Waals surface area contributed by atoms with Crippen molar-refractivity contribution in [1.29, 1.82) is 0 Å². The highest BCUT2D eigenvalue weighted by molar-refractivity contribution is 7.92. The molecule has 0 radical (unpaired) electrons. The van der Waals surface area contributed by atoms with Gasteiger partial charge >= 0.3 is 0 Å². The van der Waals surface area contributed by atoms with E-state index >= 15 is 0 Å². The fourth-order valence-corrected chi connectivity index (χ4v) is 2.81. The minimum Gasteiger partial charge on any atom is -0.381 e. The zero-order chi connectivity index (χ0) is 16.3. The maximum atomic E-state index is 13.6. The van der Waals surface area contributed by atoms with Gasteiger partial charge in [0, 0.05) is 6.61 Å². The average molecular weight is 344 g/mol. The van der Waals surface area contributed by atoms with E-state index < -0.39 is 48.0 Å². The lowest BCUT2D eigenvalue weighted by molar-refractivity contribution is 0.163. The first-order valence-electron chi connectivity index (χ1n) is 5.67. The lowest BCUT2D eigenvalue weighted by Gasteiger charge is -2.11. The molecular weight excluding hydrogens is 330 g/mol. The Labute approximate surface area is 121 Å². The van der Waals surface area contributed by atoms with Gasteiger partial charge in [-0.1, -0.05) is 0 Å². The topological polar surface area (TPSA) is 116 Å². The highest BCUT2D eigenvalue weighted by atomic mass is 32.2. The highest BCUT2D eigenvalue weighted by Gasteiger charge is 2.20. The molecule has 11 heteroatoms. The summed E-state index contributed by atoms with van der Waals surface area (Å²) in [6.45, 7) is 1.80. The first-order valence-corrected chi connectivity index (χ1v) is 8.86. The van der Waals surface area contributed by atoms with Crippen molar-refractivity contribution in [2.45, 2.75) is 11.8 Å². The summed E-state index contributed by atoms with van der Waals surface area (Å²) >= 11 is 0. The number of sulfonamides is 2. The molecule has 0 spiro atoms. The van der Waals surface area contributed by atoms with Crippen LogP contribution in [0.15, 0.2) is 17.0 Å². The quantitative estimate of drug-likeness (QED) is 0.694. The summed E-state index contributed by atoms with van der Waals surface area (Å²) in [5.74, 6) is -3.28. The molecule has 0 aliphatic carbocycles. The zero-order valence-corrected chi connectivity index (χ0v) is 12.6. The van der Waals surface area contributed by atoms with Gasteiger partial charge in [-0.3, -0.25) is 4.72 Å². The Hall–Kier alpha value is -1.30. The third kappa shape index (κ3) is 5.19.